The number of piperidine rings is 1. The van der Waals surface area contributed by atoms with Crippen LogP contribution in [0.4, 0.5) is 18.9 Å². The van der Waals surface area contributed by atoms with Gasteiger partial charge in [-0.3, -0.25) is 14.5 Å². The Bertz CT molecular complexity index is 1860. The molecule has 1 saturated heterocycles. The molecular formula is C32H33ClF3N3O8S. The van der Waals surface area contributed by atoms with Gasteiger partial charge in [0.2, 0.25) is 5.91 Å². The molecule has 0 spiro atoms. The number of hydrogen-bond donors (Lipinski definition) is 0. The van der Waals surface area contributed by atoms with Gasteiger partial charge < -0.3 is 23.8 Å². The summed E-state index contributed by atoms with van der Waals surface area (Å²) in [7, 11) is 1.90. The zero-order chi connectivity index (χ0) is 35.2. The highest BCUT2D eigenvalue weighted by Crippen LogP contribution is 2.55. The zero-order valence-electron chi connectivity index (χ0n) is 26.6. The van der Waals surface area contributed by atoms with Crippen molar-refractivity contribution in [3.8, 4) is 23.0 Å². The lowest BCUT2D eigenvalue weighted by Gasteiger charge is -2.47. The van der Waals surface area contributed by atoms with E-state index in [1.54, 1.807) is 25.1 Å². The maximum absolute atomic E-state index is 15.4. The number of carbonyl (C=O) groups excluding carboxylic acids is 2. The number of halogens is 4. The molecular weight excluding hydrogens is 679 g/mol. The fraction of sp³-hybridized carbons (Fsp3) is 0.375. The van der Waals surface area contributed by atoms with Crippen LogP contribution in [0.25, 0.3) is 0 Å². The fourth-order valence-electron chi connectivity index (χ4n) is 6.39. The second-order valence-electron chi connectivity index (χ2n) is 11.3. The summed E-state index contributed by atoms with van der Waals surface area (Å²) < 4.78 is 90.9. The predicted octanol–water partition coefficient (Wildman–Crippen LogP) is 5.19. The molecule has 2 aliphatic rings. The lowest BCUT2D eigenvalue weighted by molar-refractivity contribution is -0.275. The van der Waals surface area contributed by atoms with Crippen LogP contribution in [0, 0.1) is 0 Å². The molecule has 0 aromatic heterocycles. The Kier molecular flexibility index (Phi) is 9.51. The van der Waals surface area contributed by atoms with Crippen LogP contribution in [0.1, 0.15) is 30.4 Å². The van der Waals surface area contributed by atoms with Crippen molar-refractivity contribution in [3.63, 3.8) is 0 Å². The Morgan fingerprint density at radius 3 is 2.21 bits per heavy atom. The molecule has 3 aromatic rings. The quantitative estimate of drug-likeness (QED) is 0.296. The summed E-state index contributed by atoms with van der Waals surface area (Å²) in [5.74, 6) is -2.24. The monoisotopic (exact) mass is 711 g/mol. The van der Waals surface area contributed by atoms with Crippen molar-refractivity contribution in [2.45, 2.75) is 42.1 Å². The largest absolute Gasteiger partial charge is 0.573 e. The first-order valence-corrected chi connectivity index (χ1v) is 16.5. The summed E-state index contributed by atoms with van der Waals surface area (Å²) >= 11 is 6.53. The number of rotatable bonds is 9. The standard InChI is InChI=1S/C32H33ClF3N3O8S/c1-37(2)29(40)25-8-6-7-15-38(25)31(23-17-20(44-3)10-13-26(23)46-5)22-16-19(33)9-12-24(22)39(30(31)41)48(42,43)28-14-11-21(45-4)18-27(28)47-32(34,35)36/h9-14,16-18,25H,6-8,15H2,1-5H3/t25-,31?/m0/s1. The molecule has 2 aliphatic heterocycles. The number of nitrogens with zero attached hydrogens (tertiary/aromatic N) is 3. The van der Waals surface area contributed by atoms with E-state index in [0.29, 0.717) is 23.6 Å². The van der Waals surface area contributed by atoms with Crippen LogP contribution in [-0.4, -0.2) is 84.4 Å². The van der Waals surface area contributed by atoms with E-state index in [0.717, 1.165) is 18.2 Å². The van der Waals surface area contributed by atoms with Gasteiger partial charge in [0.1, 0.15) is 22.1 Å². The van der Waals surface area contributed by atoms with E-state index in [2.05, 4.69) is 4.74 Å². The highest BCUT2D eigenvalue weighted by Gasteiger charge is 2.63. The minimum Gasteiger partial charge on any atom is -0.497 e. The van der Waals surface area contributed by atoms with Crippen LogP contribution in [0.15, 0.2) is 59.5 Å². The van der Waals surface area contributed by atoms with Crippen molar-refractivity contribution in [2.75, 3.05) is 46.3 Å². The maximum atomic E-state index is 15.4. The third kappa shape index (κ3) is 5.87. The smallest absolute Gasteiger partial charge is 0.497 e. The van der Waals surface area contributed by atoms with Gasteiger partial charge in [-0.1, -0.05) is 18.0 Å². The summed E-state index contributed by atoms with van der Waals surface area (Å²) in [6.45, 7) is 0.154. The number of benzene rings is 3. The lowest BCUT2D eigenvalue weighted by atomic mass is 9.78. The summed E-state index contributed by atoms with van der Waals surface area (Å²) in [4.78, 5) is 31.2. The first-order valence-electron chi connectivity index (χ1n) is 14.7. The first kappa shape index (κ1) is 35.1. The Hall–Kier alpha value is -4.21. The molecule has 0 N–H and O–H groups in total. The number of ether oxygens (including phenoxy) is 4. The lowest BCUT2D eigenvalue weighted by Crippen LogP contribution is -2.62. The number of sulfonamides is 1. The topological polar surface area (TPSA) is 115 Å². The van der Waals surface area contributed by atoms with E-state index in [9.17, 15) is 26.4 Å². The van der Waals surface area contributed by atoms with Gasteiger partial charge in [0.05, 0.1) is 33.1 Å². The molecule has 3 aromatic carbocycles. The van der Waals surface area contributed by atoms with Crippen molar-refractivity contribution in [2.24, 2.45) is 0 Å². The van der Waals surface area contributed by atoms with Gasteiger partial charge in [0.25, 0.3) is 15.9 Å². The number of fused-ring (bicyclic) bond motifs is 1. The van der Waals surface area contributed by atoms with E-state index in [1.807, 2.05) is 0 Å². The molecule has 258 valence electrons. The van der Waals surface area contributed by atoms with Crippen molar-refractivity contribution in [3.05, 3.63) is 70.7 Å². The van der Waals surface area contributed by atoms with Gasteiger partial charge in [-0.05, 0) is 61.4 Å². The Balaban J connectivity index is 1.88. The van der Waals surface area contributed by atoms with Gasteiger partial charge in [-0.25, -0.2) is 12.7 Å². The van der Waals surface area contributed by atoms with Crippen molar-refractivity contribution in [1.82, 2.24) is 9.80 Å². The molecule has 2 atom stereocenters. The average Bonchev–Trinajstić information content (AvgIpc) is 3.31. The molecule has 0 bridgehead atoms. The molecule has 1 fully saturated rings. The Morgan fingerprint density at radius 2 is 1.58 bits per heavy atom. The third-order valence-corrected chi connectivity index (χ3v) is 10.4. The van der Waals surface area contributed by atoms with Gasteiger partial charge in [-0.15, -0.1) is 13.2 Å². The Morgan fingerprint density at radius 1 is 0.917 bits per heavy atom. The summed E-state index contributed by atoms with van der Waals surface area (Å²) in [6, 6.07) is 10.5. The first-order chi connectivity index (χ1) is 22.6. The van der Waals surface area contributed by atoms with Crippen LogP contribution in [-0.2, 0) is 25.2 Å². The molecule has 1 unspecified atom stereocenters. The molecule has 0 radical (unpaired) electrons. The molecule has 5 rings (SSSR count). The van der Waals surface area contributed by atoms with Crippen LogP contribution < -0.4 is 23.3 Å². The SMILES string of the molecule is COc1ccc(S(=O)(=O)N2C(=O)C(c3cc(OC)ccc3OC)(N3CCCC[C@H]3C(=O)N(C)C)c3cc(Cl)ccc32)c(OC(F)(F)F)c1. The number of alkyl halides is 3. The second kappa shape index (κ2) is 13.0. The van der Waals surface area contributed by atoms with Crippen molar-refractivity contribution < 1.29 is 50.1 Å². The third-order valence-electron chi connectivity index (χ3n) is 8.41. The summed E-state index contributed by atoms with van der Waals surface area (Å²) in [5.41, 5.74) is -2.08. The maximum Gasteiger partial charge on any atom is 0.573 e. The molecule has 0 saturated carbocycles. The minimum atomic E-state index is -5.29. The fourth-order valence-corrected chi connectivity index (χ4v) is 8.13. The van der Waals surface area contributed by atoms with Crippen LogP contribution >= 0.6 is 11.6 Å². The molecule has 2 amide bonds. The molecule has 48 heavy (non-hydrogen) atoms. The number of anilines is 1. The normalized spacial score (nSPS) is 19.9. The minimum absolute atomic E-state index is 0.0698. The predicted molar refractivity (Wildman–Crippen MR) is 169 cm³/mol. The number of likely N-dealkylation sites (tertiary alicyclic amines) is 1. The summed E-state index contributed by atoms with van der Waals surface area (Å²) in [6.07, 6.45) is -3.80. The number of amides is 2. The zero-order valence-corrected chi connectivity index (χ0v) is 28.2. The molecule has 2 heterocycles. The van der Waals surface area contributed by atoms with E-state index in [-0.39, 0.29) is 51.5 Å². The molecule has 0 aliphatic carbocycles. The van der Waals surface area contributed by atoms with E-state index in [1.165, 1.54) is 56.6 Å². The van der Waals surface area contributed by atoms with Crippen LogP contribution in [0.5, 0.6) is 23.0 Å². The number of likely N-dealkylation sites (N-methyl/N-ethyl adjacent to an activating group) is 1. The Labute approximate surface area is 280 Å². The van der Waals surface area contributed by atoms with E-state index >= 15 is 4.79 Å². The van der Waals surface area contributed by atoms with Gasteiger partial charge in [-0.2, -0.15) is 0 Å². The van der Waals surface area contributed by atoms with Crippen LogP contribution in [0.2, 0.25) is 5.02 Å². The average molecular weight is 712 g/mol. The second-order valence-corrected chi connectivity index (χ2v) is 13.5. The number of carbonyl (C=O) groups is 2. The van der Waals surface area contributed by atoms with Crippen LogP contribution in [0.3, 0.4) is 0 Å². The van der Waals surface area contributed by atoms with E-state index < -0.39 is 44.5 Å². The van der Waals surface area contributed by atoms with Gasteiger partial charge in [0.15, 0.2) is 11.3 Å². The molecule has 16 heteroatoms. The number of hydrogen-bond acceptors (Lipinski definition) is 9. The van der Waals surface area contributed by atoms with Crippen molar-refractivity contribution >= 4 is 39.1 Å². The molecule has 11 nitrogen and oxygen atoms in total. The highest BCUT2D eigenvalue weighted by atomic mass is 35.5. The van der Waals surface area contributed by atoms with E-state index in [4.69, 9.17) is 25.8 Å². The van der Waals surface area contributed by atoms with Gasteiger partial charge >= 0.3 is 6.36 Å². The van der Waals surface area contributed by atoms with Gasteiger partial charge in [0, 0.05) is 42.9 Å². The summed E-state index contributed by atoms with van der Waals surface area (Å²) in [5, 5.41) is 0.130. The van der Waals surface area contributed by atoms with Crippen molar-refractivity contribution in [1.29, 1.82) is 0 Å². The number of methoxy groups -OCH3 is 3. The highest BCUT2D eigenvalue weighted by molar-refractivity contribution is 7.93.